The lowest BCUT2D eigenvalue weighted by Gasteiger charge is -2.26. The van der Waals surface area contributed by atoms with Crippen LogP contribution in [0, 0.1) is 6.92 Å². The number of aromatic nitrogens is 3. The standard InChI is InChI=1S/C59H43N5/c1-42-27-29-45(30-28-42)59-60-55(43-17-7-2-8-18-43)41-56(61-59)44-31-33-50(34-32-44)64-57-37-35-51(62(46-19-9-3-10-20-46)47-21-11-4-12-22-47)39-53(57)54-40-52(36-38-58(54)64)63(48-23-13-5-14-24-48)49-25-15-6-16-26-49/h2-41H,1H3. The van der Waals surface area contributed by atoms with Gasteiger partial charge in [0.25, 0.3) is 0 Å². The van der Waals surface area contributed by atoms with Gasteiger partial charge in [-0.05, 0) is 110 Å². The first kappa shape index (κ1) is 38.4. The van der Waals surface area contributed by atoms with Crippen LogP contribution < -0.4 is 9.80 Å². The van der Waals surface area contributed by atoms with Crippen molar-refractivity contribution in [3.63, 3.8) is 0 Å². The van der Waals surface area contributed by atoms with Crippen molar-refractivity contribution in [2.24, 2.45) is 0 Å². The Balaban J connectivity index is 1.09. The molecule has 11 aromatic rings. The van der Waals surface area contributed by atoms with Crippen LogP contribution in [0.15, 0.2) is 243 Å². The van der Waals surface area contributed by atoms with E-state index in [0.29, 0.717) is 5.82 Å². The van der Waals surface area contributed by atoms with E-state index in [1.807, 2.05) is 6.07 Å². The van der Waals surface area contributed by atoms with Crippen LogP contribution in [0.3, 0.4) is 0 Å². The van der Waals surface area contributed by atoms with Crippen LogP contribution in [0.2, 0.25) is 0 Å². The average molecular weight is 822 g/mol. The quantitative estimate of drug-likeness (QED) is 0.138. The lowest BCUT2D eigenvalue weighted by molar-refractivity contribution is 1.17. The fourth-order valence-corrected chi connectivity index (χ4v) is 8.72. The monoisotopic (exact) mass is 821 g/mol. The highest BCUT2D eigenvalue weighted by Crippen LogP contribution is 2.43. The Labute approximate surface area is 373 Å². The number of para-hydroxylation sites is 4. The molecule has 304 valence electrons. The second-order valence-electron chi connectivity index (χ2n) is 16.0. The van der Waals surface area contributed by atoms with Crippen molar-refractivity contribution in [1.29, 1.82) is 0 Å². The molecule has 0 saturated carbocycles. The molecule has 0 unspecified atom stereocenters. The SMILES string of the molecule is Cc1ccc(-c2nc(-c3ccccc3)cc(-c3ccc(-n4c5ccc(N(c6ccccc6)c6ccccc6)cc5c5cc(N(c6ccccc6)c6ccccc6)ccc54)cc3)n2)cc1. The van der Waals surface area contributed by atoms with E-state index < -0.39 is 0 Å². The summed E-state index contributed by atoms with van der Waals surface area (Å²) in [6.45, 7) is 2.10. The molecule has 0 atom stereocenters. The van der Waals surface area contributed by atoms with Crippen LogP contribution in [0.5, 0.6) is 0 Å². The van der Waals surface area contributed by atoms with Gasteiger partial charge in [0, 0.05) is 67.3 Å². The number of hydrogen-bond acceptors (Lipinski definition) is 4. The molecule has 0 radical (unpaired) electrons. The van der Waals surface area contributed by atoms with E-state index in [1.54, 1.807) is 0 Å². The van der Waals surface area contributed by atoms with Crippen molar-refractivity contribution in [2.45, 2.75) is 6.92 Å². The van der Waals surface area contributed by atoms with Gasteiger partial charge in [0.05, 0.1) is 22.4 Å². The zero-order chi connectivity index (χ0) is 42.8. The smallest absolute Gasteiger partial charge is 0.160 e. The topological polar surface area (TPSA) is 37.2 Å². The summed E-state index contributed by atoms with van der Waals surface area (Å²) < 4.78 is 2.39. The van der Waals surface area contributed by atoms with E-state index in [1.165, 1.54) is 5.56 Å². The molecule has 0 amide bonds. The largest absolute Gasteiger partial charge is 0.310 e. The molecule has 9 aromatic carbocycles. The predicted molar refractivity (Wildman–Crippen MR) is 267 cm³/mol. The van der Waals surface area contributed by atoms with Crippen molar-refractivity contribution in [3.05, 3.63) is 248 Å². The van der Waals surface area contributed by atoms with Crippen molar-refractivity contribution < 1.29 is 0 Å². The average Bonchev–Trinajstić information content (AvgIpc) is 3.69. The van der Waals surface area contributed by atoms with Crippen molar-refractivity contribution >= 4 is 55.9 Å². The molecular formula is C59H43N5. The van der Waals surface area contributed by atoms with Gasteiger partial charge in [-0.25, -0.2) is 9.97 Å². The number of fused-ring (bicyclic) bond motifs is 3. The van der Waals surface area contributed by atoms with Crippen LogP contribution >= 0.6 is 0 Å². The Morgan fingerprint density at radius 2 is 0.703 bits per heavy atom. The third kappa shape index (κ3) is 7.35. The molecule has 5 heteroatoms. The first-order chi connectivity index (χ1) is 31.6. The number of nitrogens with zero attached hydrogens (tertiary/aromatic N) is 5. The third-order valence-corrected chi connectivity index (χ3v) is 11.8. The molecule has 0 bridgehead atoms. The Hall–Kier alpha value is -8.54. The molecule has 0 N–H and O–H groups in total. The zero-order valence-electron chi connectivity index (χ0n) is 35.3. The maximum atomic E-state index is 5.15. The maximum Gasteiger partial charge on any atom is 0.160 e. The summed E-state index contributed by atoms with van der Waals surface area (Å²) in [5.74, 6) is 0.703. The van der Waals surface area contributed by atoms with Crippen LogP contribution in [0.4, 0.5) is 34.1 Å². The molecule has 64 heavy (non-hydrogen) atoms. The summed E-state index contributed by atoms with van der Waals surface area (Å²) in [5, 5.41) is 2.31. The molecule has 2 aromatic heterocycles. The lowest BCUT2D eigenvalue weighted by atomic mass is 10.1. The molecule has 0 aliphatic heterocycles. The van der Waals surface area contributed by atoms with E-state index in [0.717, 1.165) is 89.7 Å². The van der Waals surface area contributed by atoms with E-state index in [-0.39, 0.29) is 0 Å². The number of hydrogen-bond donors (Lipinski definition) is 0. The number of anilines is 6. The van der Waals surface area contributed by atoms with Gasteiger partial charge in [-0.1, -0.05) is 145 Å². The summed E-state index contributed by atoms with van der Waals surface area (Å²) >= 11 is 0. The minimum atomic E-state index is 0.703. The highest BCUT2D eigenvalue weighted by Gasteiger charge is 2.20. The number of benzene rings is 9. The molecule has 0 saturated heterocycles. The third-order valence-electron chi connectivity index (χ3n) is 11.8. The van der Waals surface area contributed by atoms with Crippen molar-refractivity contribution in [2.75, 3.05) is 9.80 Å². The first-order valence-corrected chi connectivity index (χ1v) is 21.7. The molecule has 11 rings (SSSR count). The Morgan fingerprint density at radius 1 is 0.328 bits per heavy atom. The Bertz CT molecular complexity index is 3130. The fraction of sp³-hybridized carbons (Fsp3) is 0.0169. The molecule has 5 nitrogen and oxygen atoms in total. The van der Waals surface area contributed by atoms with Gasteiger partial charge in [0.2, 0.25) is 0 Å². The molecule has 0 fully saturated rings. The Kier molecular flexibility index (Phi) is 10.0. The van der Waals surface area contributed by atoms with Gasteiger partial charge in [0.1, 0.15) is 0 Å². The van der Waals surface area contributed by atoms with Crippen molar-refractivity contribution in [3.8, 4) is 39.6 Å². The zero-order valence-corrected chi connectivity index (χ0v) is 35.3. The van der Waals surface area contributed by atoms with E-state index in [2.05, 4.69) is 258 Å². The molecule has 0 aliphatic carbocycles. The van der Waals surface area contributed by atoms with Gasteiger partial charge in [-0.2, -0.15) is 0 Å². The minimum absolute atomic E-state index is 0.703. The second-order valence-corrected chi connectivity index (χ2v) is 16.0. The van der Waals surface area contributed by atoms with E-state index in [4.69, 9.17) is 9.97 Å². The van der Waals surface area contributed by atoms with E-state index in [9.17, 15) is 0 Å². The lowest BCUT2D eigenvalue weighted by Crippen LogP contribution is -2.09. The minimum Gasteiger partial charge on any atom is -0.310 e. The normalized spacial score (nSPS) is 11.2. The summed E-state index contributed by atoms with van der Waals surface area (Å²) in [6.07, 6.45) is 0. The second kappa shape index (κ2) is 16.7. The number of aryl methyl sites for hydroxylation is 1. The van der Waals surface area contributed by atoms with Gasteiger partial charge < -0.3 is 14.4 Å². The van der Waals surface area contributed by atoms with Gasteiger partial charge in [-0.15, -0.1) is 0 Å². The first-order valence-electron chi connectivity index (χ1n) is 21.7. The summed E-state index contributed by atoms with van der Waals surface area (Å²) in [6, 6.07) is 85.8. The summed E-state index contributed by atoms with van der Waals surface area (Å²) in [4.78, 5) is 14.9. The summed E-state index contributed by atoms with van der Waals surface area (Å²) in [7, 11) is 0. The van der Waals surface area contributed by atoms with Crippen LogP contribution in [-0.2, 0) is 0 Å². The molecule has 0 aliphatic rings. The predicted octanol–water partition coefficient (Wildman–Crippen LogP) is 15.8. The molecule has 2 heterocycles. The molecular weight excluding hydrogens is 779 g/mol. The van der Waals surface area contributed by atoms with Gasteiger partial charge >= 0.3 is 0 Å². The van der Waals surface area contributed by atoms with Gasteiger partial charge in [0.15, 0.2) is 5.82 Å². The molecule has 0 spiro atoms. The van der Waals surface area contributed by atoms with Crippen LogP contribution in [0.25, 0.3) is 61.4 Å². The summed E-state index contributed by atoms with van der Waals surface area (Å²) in [5.41, 5.74) is 15.9. The highest BCUT2D eigenvalue weighted by atomic mass is 15.1. The highest BCUT2D eigenvalue weighted by molar-refractivity contribution is 6.12. The Morgan fingerprint density at radius 3 is 1.12 bits per heavy atom. The van der Waals surface area contributed by atoms with E-state index >= 15 is 0 Å². The fourth-order valence-electron chi connectivity index (χ4n) is 8.72. The van der Waals surface area contributed by atoms with Crippen LogP contribution in [-0.4, -0.2) is 14.5 Å². The number of rotatable bonds is 10. The van der Waals surface area contributed by atoms with Crippen molar-refractivity contribution in [1.82, 2.24) is 14.5 Å². The maximum absolute atomic E-state index is 5.15. The van der Waals surface area contributed by atoms with Crippen LogP contribution in [0.1, 0.15) is 5.56 Å². The van der Waals surface area contributed by atoms with Gasteiger partial charge in [-0.3, -0.25) is 0 Å².